The zero-order valence-corrected chi connectivity index (χ0v) is 21.5. The van der Waals surface area contributed by atoms with Gasteiger partial charge in [0.05, 0.1) is 22.4 Å². The zero-order valence-electron chi connectivity index (χ0n) is 20.7. The summed E-state index contributed by atoms with van der Waals surface area (Å²) in [6.07, 6.45) is 0.378. The SMILES string of the molecule is O=C1[C@@H]2[C@@H](N=NN2CC(=O)N2N=C(c3ccccc3)C[C@H]2c2ccc([N+](=O)[O-])cc2)C(=O)N1c1ccc(Cl)cc1. The van der Waals surface area contributed by atoms with Crippen LogP contribution in [-0.2, 0) is 14.4 Å². The van der Waals surface area contributed by atoms with Gasteiger partial charge >= 0.3 is 0 Å². The second-order valence-electron chi connectivity index (χ2n) is 9.40. The predicted octanol–water partition coefficient (Wildman–Crippen LogP) is 3.92. The number of amides is 3. The molecule has 3 heterocycles. The molecule has 3 atom stereocenters. The van der Waals surface area contributed by atoms with Crippen LogP contribution in [0.15, 0.2) is 94.3 Å². The van der Waals surface area contributed by atoms with Gasteiger partial charge in [-0.05, 0) is 35.4 Å². The molecule has 200 valence electrons. The van der Waals surface area contributed by atoms with Gasteiger partial charge in [-0.2, -0.15) is 10.2 Å². The smallest absolute Gasteiger partial charge is 0.269 e. The molecule has 0 unspecified atom stereocenters. The Kier molecular flexibility index (Phi) is 6.31. The Labute approximate surface area is 232 Å². The number of nitro groups is 1. The van der Waals surface area contributed by atoms with Gasteiger partial charge in [0.1, 0.15) is 6.54 Å². The summed E-state index contributed by atoms with van der Waals surface area (Å²) in [5.74, 6) is -1.55. The van der Waals surface area contributed by atoms with E-state index < -0.39 is 40.8 Å². The van der Waals surface area contributed by atoms with Crippen molar-refractivity contribution in [2.45, 2.75) is 24.5 Å². The van der Waals surface area contributed by atoms with Crippen molar-refractivity contribution in [3.63, 3.8) is 0 Å². The van der Waals surface area contributed by atoms with Gasteiger partial charge < -0.3 is 0 Å². The third-order valence-electron chi connectivity index (χ3n) is 7.00. The van der Waals surface area contributed by atoms with Crippen LogP contribution in [0.1, 0.15) is 23.6 Å². The van der Waals surface area contributed by atoms with Gasteiger partial charge in [0.25, 0.3) is 23.4 Å². The Morgan fingerprint density at radius 3 is 2.35 bits per heavy atom. The lowest BCUT2D eigenvalue weighted by Crippen LogP contribution is -2.44. The van der Waals surface area contributed by atoms with Crippen molar-refractivity contribution >= 4 is 46.4 Å². The Morgan fingerprint density at radius 1 is 0.975 bits per heavy atom. The standard InChI is InChI=1S/C27H20ClN7O5/c28-18-8-12-19(13-9-18)33-26(37)24-25(27(33)38)32(31-29-24)15-23(36)34-22(17-6-10-20(11-7-17)35(39)40)14-21(30-34)16-4-2-1-3-5-16/h1-13,22,24-25H,14-15H2/t22-,24+,25-/m0/s1. The van der Waals surface area contributed by atoms with Gasteiger partial charge in [-0.25, -0.2) is 9.91 Å². The first-order valence-corrected chi connectivity index (χ1v) is 12.7. The summed E-state index contributed by atoms with van der Waals surface area (Å²) in [6, 6.07) is 18.9. The summed E-state index contributed by atoms with van der Waals surface area (Å²) >= 11 is 5.94. The van der Waals surface area contributed by atoms with Crippen molar-refractivity contribution in [1.82, 2.24) is 10.0 Å². The lowest BCUT2D eigenvalue weighted by Gasteiger charge is -2.25. The molecule has 0 radical (unpaired) electrons. The molecule has 13 heteroatoms. The van der Waals surface area contributed by atoms with Crippen LogP contribution in [0.5, 0.6) is 0 Å². The number of hydrogen-bond donors (Lipinski definition) is 0. The molecule has 0 saturated carbocycles. The number of nitrogens with zero attached hydrogens (tertiary/aromatic N) is 7. The fourth-order valence-corrected chi connectivity index (χ4v) is 5.16. The molecule has 3 aliphatic heterocycles. The molecule has 0 aliphatic carbocycles. The van der Waals surface area contributed by atoms with Crippen LogP contribution in [0.3, 0.4) is 0 Å². The van der Waals surface area contributed by atoms with E-state index in [1.165, 1.54) is 22.2 Å². The largest absolute Gasteiger partial charge is 0.271 e. The number of hydrazone groups is 1. The number of fused-ring (bicyclic) bond motifs is 1. The number of halogens is 1. The average molecular weight is 558 g/mol. The first-order valence-electron chi connectivity index (χ1n) is 12.3. The second kappa shape index (κ2) is 9.97. The molecular formula is C27H20ClN7O5. The summed E-state index contributed by atoms with van der Waals surface area (Å²) in [4.78, 5) is 51.6. The Morgan fingerprint density at radius 2 is 1.68 bits per heavy atom. The second-order valence-corrected chi connectivity index (χ2v) is 9.84. The van der Waals surface area contributed by atoms with Crippen LogP contribution in [0.2, 0.25) is 5.02 Å². The third-order valence-corrected chi connectivity index (χ3v) is 7.25. The van der Waals surface area contributed by atoms with E-state index in [-0.39, 0.29) is 12.2 Å². The number of anilines is 1. The van der Waals surface area contributed by atoms with Gasteiger partial charge in [0, 0.05) is 23.6 Å². The predicted molar refractivity (Wildman–Crippen MR) is 143 cm³/mol. The molecule has 0 spiro atoms. The van der Waals surface area contributed by atoms with E-state index >= 15 is 0 Å². The maximum atomic E-state index is 13.6. The summed E-state index contributed by atoms with van der Waals surface area (Å²) < 4.78 is 0. The summed E-state index contributed by atoms with van der Waals surface area (Å²) in [7, 11) is 0. The number of imide groups is 1. The van der Waals surface area contributed by atoms with Gasteiger partial charge in [-0.1, -0.05) is 59.3 Å². The van der Waals surface area contributed by atoms with Crippen molar-refractivity contribution in [1.29, 1.82) is 0 Å². The van der Waals surface area contributed by atoms with Gasteiger partial charge in [-0.3, -0.25) is 29.5 Å². The summed E-state index contributed by atoms with van der Waals surface area (Å²) in [6.45, 7) is -0.354. The number of carbonyl (C=O) groups is 3. The fourth-order valence-electron chi connectivity index (χ4n) is 5.03. The van der Waals surface area contributed by atoms with Crippen molar-refractivity contribution in [2.75, 3.05) is 11.4 Å². The number of nitro benzene ring substituents is 1. The van der Waals surface area contributed by atoms with E-state index in [0.717, 1.165) is 10.5 Å². The van der Waals surface area contributed by atoms with Crippen LogP contribution in [0.25, 0.3) is 0 Å². The van der Waals surface area contributed by atoms with E-state index in [1.807, 2.05) is 30.3 Å². The van der Waals surface area contributed by atoms with Crippen molar-refractivity contribution < 1.29 is 19.3 Å². The first-order chi connectivity index (χ1) is 19.3. The number of benzene rings is 3. The van der Waals surface area contributed by atoms with E-state index in [0.29, 0.717) is 28.4 Å². The molecule has 6 rings (SSSR count). The highest BCUT2D eigenvalue weighted by molar-refractivity contribution is 6.31. The molecule has 0 N–H and O–H groups in total. The van der Waals surface area contributed by atoms with Crippen LogP contribution >= 0.6 is 11.6 Å². The number of non-ortho nitro benzene ring substituents is 1. The monoisotopic (exact) mass is 557 g/mol. The molecule has 3 aromatic rings. The van der Waals surface area contributed by atoms with Gasteiger partial charge in [0.15, 0.2) is 12.1 Å². The van der Waals surface area contributed by atoms with Crippen LogP contribution in [0.4, 0.5) is 11.4 Å². The number of rotatable bonds is 6. The van der Waals surface area contributed by atoms with Crippen LogP contribution in [0, 0.1) is 10.1 Å². The minimum Gasteiger partial charge on any atom is -0.271 e. The molecule has 0 aromatic heterocycles. The fraction of sp³-hybridized carbons (Fsp3) is 0.185. The minimum absolute atomic E-state index is 0.0676. The highest BCUT2D eigenvalue weighted by Crippen LogP contribution is 2.36. The Bertz CT molecular complexity index is 1580. The Hall–Kier alpha value is -4.97. The molecule has 3 aliphatic rings. The first kappa shape index (κ1) is 25.3. The molecule has 3 amide bonds. The van der Waals surface area contributed by atoms with E-state index in [4.69, 9.17) is 11.6 Å². The topological polar surface area (TPSA) is 141 Å². The quantitative estimate of drug-likeness (QED) is 0.255. The van der Waals surface area contributed by atoms with E-state index in [1.54, 1.807) is 36.4 Å². The number of hydrogen-bond acceptors (Lipinski definition) is 9. The molecule has 1 fully saturated rings. The summed E-state index contributed by atoms with van der Waals surface area (Å²) in [5, 5.41) is 26.7. The molecule has 12 nitrogen and oxygen atoms in total. The van der Waals surface area contributed by atoms with E-state index in [9.17, 15) is 24.5 Å². The summed E-state index contributed by atoms with van der Waals surface area (Å²) in [5.41, 5.74) is 2.45. The minimum atomic E-state index is -1.07. The zero-order chi connectivity index (χ0) is 28.0. The lowest BCUT2D eigenvalue weighted by atomic mass is 9.98. The molecule has 1 saturated heterocycles. The molecule has 0 bridgehead atoms. The van der Waals surface area contributed by atoms with Crippen LogP contribution in [-0.4, -0.2) is 57.0 Å². The highest BCUT2D eigenvalue weighted by atomic mass is 35.5. The maximum absolute atomic E-state index is 13.6. The molecule has 40 heavy (non-hydrogen) atoms. The lowest BCUT2D eigenvalue weighted by molar-refractivity contribution is -0.384. The van der Waals surface area contributed by atoms with Crippen molar-refractivity contribution in [2.24, 2.45) is 15.4 Å². The average Bonchev–Trinajstić information content (AvgIpc) is 3.65. The highest BCUT2D eigenvalue weighted by Gasteiger charge is 2.55. The van der Waals surface area contributed by atoms with Crippen molar-refractivity contribution in [3.05, 3.63) is 105 Å². The Balaban J connectivity index is 1.26. The normalized spacial score (nSPS) is 21.7. The number of carbonyl (C=O) groups excluding carboxylic acids is 3. The maximum Gasteiger partial charge on any atom is 0.269 e. The third kappa shape index (κ3) is 4.37. The van der Waals surface area contributed by atoms with Crippen LogP contribution < -0.4 is 4.90 Å². The van der Waals surface area contributed by atoms with Gasteiger partial charge in [-0.15, -0.1) is 0 Å². The molecule has 3 aromatic carbocycles. The molecular weight excluding hydrogens is 538 g/mol. The van der Waals surface area contributed by atoms with E-state index in [2.05, 4.69) is 15.4 Å². The van der Waals surface area contributed by atoms with Crippen molar-refractivity contribution in [3.8, 4) is 0 Å². The van der Waals surface area contributed by atoms with Gasteiger partial charge in [0.2, 0.25) is 0 Å².